The first-order valence-electron chi connectivity index (χ1n) is 9.24. The van der Waals surface area contributed by atoms with Gasteiger partial charge in [0, 0.05) is 19.5 Å². The summed E-state index contributed by atoms with van der Waals surface area (Å²) in [5.74, 6) is -0.303. The number of halogens is 1. The number of sulfone groups is 1. The second-order valence-electron chi connectivity index (χ2n) is 7.04. The Morgan fingerprint density at radius 1 is 1.00 bits per heavy atom. The van der Waals surface area contributed by atoms with Crippen LogP contribution in [-0.4, -0.2) is 38.1 Å². The topological polar surface area (TPSA) is 54.5 Å². The van der Waals surface area contributed by atoms with Gasteiger partial charge in [0.05, 0.1) is 10.6 Å². The Bertz CT molecular complexity index is 858. The predicted octanol–water partition coefficient (Wildman–Crippen LogP) is 3.47. The number of likely N-dealkylation sites (tertiary alicyclic amines) is 1. The van der Waals surface area contributed by atoms with Crippen molar-refractivity contribution < 1.29 is 17.6 Å². The second-order valence-corrected chi connectivity index (χ2v) is 9.15. The van der Waals surface area contributed by atoms with E-state index in [1.165, 1.54) is 17.7 Å². The summed E-state index contributed by atoms with van der Waals surface area (Å²) in [5, 5.41) is 0. The molecule has 144 valence electrons. The monoisotopic (exact) mass is 389 g/mol. The molecule has 1 aliphatic rings. The molecule has 1 fully saturated rings. The molecule has 0 N–H and O–H groups in total. The van der Waals surface area contributed by atoms with Crippen LogP contribution in [0.5, 0.6) is 0 Å². The molecule has 0 aromatic heterocycles. The Hall–Kier alpha value is -2.21. The van der Waals surface area contributed by atoms with Crippen LogP contribution in [0.3, 0.4) is 0 Å². The smallest absolute Gasteiger partial charge is 0.223 e. The van der Waals surface area contributed by atoms with Crippen molar-refractivity contribution in [2.24, 2.45) is 5.92 Å². The molecule has 3 rings (SSSR count). The number of carbonyl (C=O) groups is 1. The van der Waals surface area contributed by atoms with Crippen LogP contribution in [0.15, 0.2) is 59.5 Å². The number of carbonyl (C=O) groups excluding carboxylic acids is 1. The molecule has 0 aliphatic carbocycles. The summed E-state index contributed by atoms with van der Waals surface area (Å²) in [6, 6.07) is 15.0. The molecule has 2 aromatic carbocycles. The first-order valence-corrected chi connectivity index (χ1v) is 10.9. The van der Waals surface area contributed by atoms with Crippen LogP contribution in [0.2, 0.25) is 0 Å². The molecule has 27 heavy (non-hydrogen) atoms. The maximum Gasteiger partial charge on any atom is 0.223 e. The summed E-state index contributed by atoms with van der Waals surface area (Å²) >= 11 is 0. The lowest BCUT2D eigenvalue weighted by atomic mass is 9.90. The molecule has 4 nitrogen and oxygen atoms in total. The molecular formula is C21H24FNO3S. The lowest BCUT2D eigenvalue weighted by molar-refractivity contribution is -0.132. The molecule has 0 bridgehead atoms. The van der Waals surface area contributed by atoms with Crippen LogP contribution < -0.4 is 0 Å². The highest BCUT2D eigenvalue weighted by Crippen LogP contribution is 2.22. The number of hydrogen-bond donors (Lipinski definition) is 0. The van der Waals surface area contributed by atoms with Gasteiger partial charge >= 0.3 is 0 Å². The number of nitrogens with zero attached hydrogens (tertiary/aromatic N) is 1. The average Bonchev–Trinajstić information content (AvgIpc) is 2.68. The molecule has 0 radical (unpaired) electrons. The molecule has 0 saturated carbocycles. The quantitative estimate of drug-likeness (QED) is 0.711. The number of benzene rings is 2. The van der Waals surface area contributed by atoms with E-state index >= 15 is 0 Å². The minimum absolute atomic E-state index is 0.0386. The standard InChI is InChI=1S/C21H24FNO3S/c22-19-6-8-20(9-7-19)27(25,26)15-12-21(24)23-13-10-18(11-14-23)16-17-4-2-1-3-5-17/h1-9,18H,10-16H2. The molecule has 0 atom stereocenters. The number of hydrogen-bond acceptors (Lipinski definition) is 3. The highest BCUT2D eigenvalue weighted by Gasteiger charge is 2.24. The van der Waals surface area contributed by atoms with E-state index in [0.717, 1.165) is 31.4 Å². The Morgan fingerprint density at radius 3 is 2.26 bits per heavy atom. The highest BCUT2D eigenvalue weighted by molar-refractivity contribution is 7.91. The Kier molecular flexibility index (Phi) is 6.26. The van der Waals surface area contributed by atoms with E-state index in [9.17, 15) is 17.6 Å². The molecule has 6 heteroatoms. The van der Waals surface area contributed by atoms with E-state index in [4.69, 9.17) is 0 Å². The van der Waals surface area contributed by atoms with Crippen LogP contribution in [0.4, 0.5) is 4.39 Å². The largest absolute Gasteiger partial charge is 0.343 e. The Labute approximate surface area is 159 Å². The lowest BCUT2D eigenvalue weighted by Crippen LogP contribution is -2.39. The van der Waals surface area contributed by atoms with Crippen molar-refractivity contribution in [1.82, 2.24) is 4.90 Å². The number of rotatable bonds is 6. The molecular weight excluding hydrogens is 365 g/mol. The minimum Gasteiger partial charge on any atom is -0.343 e. The van der Waals surface area contributed by atoms with Crippen molar-refractivity contribution in [1.29, 1.82) is 0 Å². The molecule has 1 heterocycles. The van der Waals surface area contributed by atoms with Gasteiger partial charge in [-0.3, -0.25) is 4.79 Å². The van der Waals surface area contributed by atoms with Crippen molar-refractivity contribution in [3.8, 4) is 0 Å². The molecule has 1 saturated heterocycles. The third kappa shape index (κ3) is 5.39. The highest BCUT2D eigenvalue weighted by atomic mass is 32.2. The Morgan fingerprint density at radius 2 is 1.63 bits per heavy atom. The van der Waals surface area contributed by atoms with Gasteiger partial charge in [0.2, 0.25) is 5.91 Å². The van der Waals surface area contributed by atoms with Gasteiger partial charge < -0.3 is 4.90 Å². The average molecular weight is 389 g/mol. The maximum atomic E-state index is 12.9. The first-order chi connectivity index (χ1) is 12.9. The van der Waals surface area contributed by atoms with E-state index in [2.05, 4.69) is 12.1 Å². The van der Waals surface area contributed by atoms with Crippen LogP contribution in [0.25, 0.3) is 0 Å². The van der Waals surface area contributed by atoms with Gasteiger partial charge in [-0.25, -0.2) is 12.8 Å². The molecule has 1 aliphatic heterocycles. The van der Waals surface area contributed by atoms with Gasteiger partial charge in [0.1, 0.15) is 5.82 Å². The van der Waals surface area contributed by atoms with Crippen LogP contribution in [0, 0.1) is 11.7 Å². The third-order valence-corrected chi connectivity index (χ3v) is 6.82. The fourth-order valence-electron chi connectivity index (χ4n) is 3.47. The van der Waals surface area contributed by atoms with Gasteiger partial charge in [0.25, 0.3) is 0 Å². The van der Waals surface area contributed by atoms with Crippen molar-refractivity contribution in [3.63, 3.8) is 0 Å². The van der Waals surface area contributed by atoms with Crippen molar-refractivity contribution in [3.05, 3.63) is 66.0 Å². The first kappa shape index (κ1) is 19.5. The second kappa shape index (κ2) is 8.65. The van der Waals surface area contributed by atoms with E-state index in [-0.39, 0.29) is 23.0 Å². The van der Waals surface area contributed by atoms with Crippen molar-refractivity contribution in [2.75, 3.05) is 18.8 Å². The summed E-state index contributed by atoms with van der Waals surface area (Å²) in [6.07, 6.45) is 2.85. The number of amides is 1. The van der Waals surface area contributed by atoms with E-state index in [0.29, 0.717) is 19.0 Å². The molecule has 0 spiro atoms. The molecule has 1 amide bonds. The van der Waals surface area contributed by atoms with Gasteiger partial charge in [0.15, 0.2) is 9.84 Å². The summed E-state index contributed by atoms with van der Waals surface area (Å²) in [7, 11) is -3.58. The zero-order chi connectivity index (χ0) is 19.3. The zero-order valence-electron chi connectivity index (χ0n) is 15.2. The van der Waals surface area contributed by atoms with Gasteiger partial charge in [-0.1, -0.05) is 30.3 Å². The third-order valence-electron chi connectivity index (χ3n) is 5.09. The predicted molar refractivity (Wildman–Crippen MR) is 103 cm³/mol. The van der Waals surface area contributed by atoms with Crippen LogP contribution in [0.1, 0.15) is 24.8 Å². The summed E-state index contributed by atoms with van der Waals surface area (Å²) in [4.78, 5) is 14.2. The summed E-state index contributed by atoms with van der Waals surface area (Å²) in [6.45, 7) is 1.35. The van der Waals surface area contributed by atoms with Crippen molar-refractivity contribution >= 4 is 15.7 Å². The Balaban J connectivity index is 1.47. The molecule has 2 aromatic rings. The van der Waals surface area contributed by atoms with Gasteiger partial charge in [-0.2, -0.15) is 0 Å². The van der Waals surface area contributed by atoms with Crippen LogP contribution >= 0.6 is 0 Å². The maximum absolute atomic E-state index is 12.9. The van der Waals surface area contributed by atoms with E-state index in [1.807, 2.05) is 18.2 Å². The summed E-state index contributed by atoms with van der Waals surface area (Å²) in [5.41, 5.74) is 1.31. The SMILES string of the molecule is O=C(CCS(=O)(=O)c1ccc(F)cc1)N1CCC(Cc2ccccc2)CC1. The lowest BCUT2D eigenvalue weighted by Gasteiger charge is -2.32. The van der Waals surface area contributed by atoms with E-state index < -0.39 is 15.7 Å². The van der Waals surface area contributed by atoms with Crippen molar-refractivity contribution in [2.45, 2.75) is 30.6 Å². The van der Waals surface area contributed by atoms with E-state index in [1.54, 1.807) is 4.90 Å². The van der Waals surface area contributed by atoms with Gasteiger partial charge in [-0.05, 0) is 55.0 Å². The minimum atomic E-state index is -3.58. The zero-order valence-corrected chi connectivity index (χ0v) is 16.0. The normalized spacial score (nSPS) is 15.7. The molecule has 0 unspecified atom stereocenters. The van der Waals surface area contributed by atoms with Crippen LogP contribution in [-0.2, 0) is 21.1 Å². The van der Waals surface area contributed by atoms with Gasteiger partial charge in [-0.15, -0.1) is 0 Å². The fraction of sp³-hybridized carbons (Fsp3) is 0.381. The summed E-state index contributed by atoms with van der Waals surface area (Å²) < 4.78 is 37.5. The fourth-order valence-corrected chi connectivity index (χ4v) is 4.70. The number of piperidine rings is 1.